The van der Waals surface area contributed by atoms with Crippen LogP contribution in [0.1, 0.15) is 34.5 Å². The lowest BCUT2D eigenvalue weighted by Crippen LogP contribution is -2.31. The first-order valence-electron chi connectivity index (χ1n) is 10.1. The SMILES string of the molecule is COC(=O)c1ccc(CS(=O)(=O)c2ccc(NC(=O)N[C@@H](C)c3cccc(Cl)c3Cl)cc2)cc1. The van der Waals surface area contributed by atoms with E-state index in [0.717, 1.165) is 0 Å². The molecule has 1 atom stereocenters. The van der Waals surface area contributed by atoms with Crippen molar-refractivity contribution in [1.82, 2.24) is 5.32 Å². The van der Waals surface area contributed by atoms with Crippen molar-refractivity contribution >= 4 is 50.7 Å². The third-order valence-electron chi connectivity index (χ3n) is 5.00. The van der Waals surface area contributed by atoms with Gasteiger partial charge in [-0.25, -0.2) is 18.0 Å². The Kier molecular flexibility index (Phi) is 8.19. The highest BCUT2D eigenvalue weighted by atomic mass is 35.5. The number of benzene rings is 3. The number of rotatable bonds is 7. The standard InChI is InChI=1S/C24H22Cl2N2O5S/c1-15(20-4-3-5-21(25)22(20)26)27-24(30)28-18-10-12-19(13-11-18)34(31,32)14-16-6-8-17(9-7-16)23(29)33-2/h3-13,15H,14H2,1-2H3,(H2,27,28,30)/t15-/m0/s1. The molecule has 0 aliphatic carbocycles. The molecule has 0 aromatic heterocycles. The van der Waals surface area contributed by atoms with E-state index in [-0.39, 0.29) is 10.6 Å². The molecule has 3 rings (SSSR count). The van der Waals surface area contributed by atoms with Crippen LogP contribution in [0.25, 0.3) is 0 Å². The first-order valence-corrected chi connectivity index (χ1v) is 12.5. The van der Waals surface area contributed by atoms with Crippen molar-refractivity contribution in [2.24, 2.45) is 0 Å². The Labute approximate surface area is 208 Å². The van der Waals surface area contributed by atoms with Gasteiger partial charge in [0.25, 0.3) is 0 Å². The zero-order valence-electron chi connectivity index (χ0n) is 18.3. The Hall–Kier alpha value is -3.07. The Morgan fingerprint density at radius 2 is 1.62 bits per heavy atom. The maximum Gasteiger partial charge on any atom is 0.337 e. The number of halogens is 2. The van der Waals surface area contributed by atoms with E-state index in [1.165, 1.54) is 43.5 Å². The normalized spacial score (nSPS) is 12.0. The van der Waals surface area contributed by atoms with Gasteiger partial charge in [-0.3, -0.25) is 0 Å². The zero-order valence-corrected chi connectivity index (χ0v) is 20.7. The molecule has 0 heterocycles. The van der Waals surface area contributed by atoms with Crippen LogP contribution in [0.4, 0.5) is 10.5 Å². The van der Waals surface area contributed by atoms with Gasteiger partial charge in [-0.1, -0.05) is 47.5 Å². The van der Waals surface area contributed by atoms with Crippen LogP contribution >= 0.6 is 23.2 Å². The minimum Gasteiger partial charge on any atom is -0.465 e. The first kappa shape index (κ1) is 25.6. The van der Waals surface area contributed by atoms with Crippen LogP contribution < -0.4 is 10.6 Å². The van der Waals surface area contributed by atoms with Gasteiger partial charge in [-0.2, -0.15) is 0 Å². The smallest absolute Gasteiger partial charge is 0.337 e. The van der Waals surface area contributed by atoms with Gasteiger partial charge in [-0.15, -0.1) is 0 Å². The summed E-state index contributed by atoms with van der Waals surface area (Å²) >= 11 is 12.2. The fraction of sp³-hybridized carbons (Fsp3) is 0.167. The average Bonchev–Trinajstić information content (AvgIpc) is 2.80. The minimum atomic E-state index is -3.63. The molecule has 0 aliphatic heterocycles. The lowest BCUT2D eigenvalue weighted by atomic mass is 10.1. The predicted octanol–water partition coefficient (Wildman–Crippen LogP) is 5.64. The van der Waals surface area contributed by atoms with Gasteiger partial charge in [0.15, 0.2) is 9.84 Å². The molecular weight excluding hydrogens is 499 g/mol. The Morgan fingerprint density at radius 3 is 2.24 bits per heavy atom. The number of carbonyl (C=O) groups excluding carboxylic acids is 2. The quantitative estimate of drug-likeness (QED) is 0.392. The summed E-state index contributed by atoms with van der Waals surface area (Å²) in [5, 5.41) is 6.19. The van der Waals surface area contributed by atoms with Gasteiger partial charge in [0.2, 0.25) is 0 Å². The number of esters is 1. The molecule has 0 fully saturated rings. The number of hydrogen-bond donors (Lipinski definition) is 2. The fourth-order valence-electron chi connectivity index (χ4n) is 3.20. The van der Waals surface area contributed by atoms with E-state index in [9.17, 15) is 18.0 Å². The molecule has 0 bridgehead atoms. The fourth-order valence-corrected chi connectivity index (χ4v) is 5.02. The molecular formula is C24H22Cl2N2O5S. The van der Waals surface area contributed by atoms with Gasteiger partial charge >= 0.3 is 12.0 Å². The zero-order chi connectivity index (χ0) is 24.9. The number of anilines is 1. The Balaban J connectivity index is 1.63. The summed E-state index contributed by atoms with van der Waals surface area (Å²) in [7, 11) is -2.36. The van der Waals surface area contributed by atoms with Crippen molar-refractivity contribution in [1.29, 1.82) is 0 Å². The molecule has 0 saturated heterocycles. The summed E-state index contributed by atoms with van der Waals surface area (Å²) in [5.74, 6) is -0.730. The van der Waals surface area contributed by atoms with Crippen LogP contribution in [-0.4, -0.2) is 27.5 Å². The van der Waals surface area contributed by atoms with E-state index in [2.05, 4.69) is 15.4 Å². The highest BCUT2D eigenvalue weighted by Crippen LogP contribution is 2.29. The summed E-state index contributed by atoms with van der Waals surface area (Å²) < 4.78 is 30.2. The van der Waals surface area contributed by atoms with Gasteiger partial charge in [0, 0.05) is 5.69 Å². The second-order valence-corrected chi connectivity index (χ2v) is 10.2. The predicted molar refractivity (Wildman–Crippen MR) is 132 cm³/mol. The molecule has 10 heteroatoms. The summed E-state index contributed by atoms with van der Waals surface area (Å²) in [4.78, 5) is 24.0. The Morgan fingerprint density at radius 1 is 0.971 bits per heavy atom. The molecule has 34 heavy (non-hydrogen) atoms. The third kappa shape index (κ3) is 6.28. The maximum atomic E-state index is 12.8. The van der Waals surface area contributed by atoms with Gasteiger partial charge < -0.3 is 15.4 Å². The van der Waals surface area contributed by atoms with E-state index in [0.29, 0.717) is 32.4 Å². The van der Waals surface area contributed by atoms with Crippen molar-refractivity contribution in [3.63, 3.8) is 0 Å². The van der Waals surface area contributed by atoms with E-state index < -0.39 is 27.9 Å². The van der Waals surface area contributed by atoms with Gasteiger partial charge in [0.1, 0.15) is 0 Å². The second-order valence-electron chi connectivity index (χ2n) is 7.44. The Bertz CT molecular complexity index is 1290. The highest BCUT2D eigenvalue weighted by molar-refractivity contribution is 7.90. The molecule has 0 radical (unpaired) electrons. The summed E-state index contributed by atoms with van der Waals surface area (Å²) in [5.41, 5.74) is 1.96. The van der Waals surface area contributed by atoms with Crippen LogP contribution in [0, 0.1) is 0 Å². The molecule has 7 nitrogen and oxygen atoms in total. The molecule has 0 unspecified atom stereocenters. The largest absolute Gasteiger partial charge is 0.465 e. The molecule has 0 spiro atoms. The summed E-state index contributed by atoms with van der Waals surface area (Å²) in [6.07, 6.45) is 0. The van der Waals surface area contributed by atoms with E-state index in [1.54, 1.807) is 37.3 Å². The number of hydrogen-bond acceptors (Lipinski definition) is 5. The van der Waals surface area contributed by atoms with Gasteiger partial charge in [-0.05, 0) is 60.5 Å². The molecule has 178 valence electrons. The van der Waals surface area contributed by atoms with Crippen molar-refractivity contribution in [2.45, 2.75) is 23.6 Å². The van der Waals surface area contributed by atoms with Crippen molar-refractivity contribution in [2.75, 3.05) is 12.4 Å². The third-order valence-corrected chi connectivity index (χ3v) is 7.54. The molecule has 3 aromatic carbocycles. The second kappa shape index (κ2) is 10.9. The van der Waals surface area contributed by atoms with E-state index in [1.807, 2.05) is 0 Å². The molecule has 0 saturated carbocycles. The van der Waals surface area contributed by atoms with Crippen molar-refractivity contribution in [3.8, 4) is 0 Å². The summed E-state index contributed by atoms with van der Waals surface area (Å²) in [6, 6.07) is 16.3. The number of nitrogens with one attached hydrogen (secondary N) is 2. The first-order chi connectivity index (χ1) is 16.1. The van der Waals surface area contributed by atoms with Crippen LogP contribution in [0.3, 0.4) is 0 Å². The number of urea groups is 1. The molecule has 3 aromatic rings. The highest BCUT2D eigenvalue weighted by Gasteiger charge is 2.17. The van der Waals surface area contributed by atoms with Crippen molar-refractivity contribution < 1.29 is 22.7 Å². The topological polar surface area (TPSA) is 102 Å². The number of sulfone groups is 1. The van der Waals surface area contributed by atoms with Crippen LogP contribution in [0.5, 0.6) is 0 Å². The molecule has 2 N–H and O–H groups in total. The monoisotopic (exact) mass is 520 g/mol. The molecule has 2 amide bonds. The average molecular weight is 521 g/mol. The molecule has 0 aliphatic rings. The maximum absolute atomic E-state index is 12.8. The number of amides is 2. The van der Waals surface area contributed by atoms with Gasteiger partial charge in [0.05, 0.1) is 39.4 Å². The number of ether oxygens (including phenoxy) is 1. The van der Waals surface area contributed by atoms with Crippen LogP contribution in [0.2, 0.25) is 10.0 Å². The van der Waals surface area contributed by atoms with E-state index in [4.69, 9.17) is 23.2 Å². The van der Waals surface area contributed by atoms with Crippen molar-refractivity contribution in [3.05, 3.63) is 93.5 Å². The number of methoxy groups -OCH3 is 1. The summed E-state index contributed by atoms with van der Waals surface area (Å²) in [6.45, 7) is 1.77. The van der Waals surface area contributed by atoms with Crippen LogP contribution in [0.15, 0.2) is 71.6 Å². The minimum absolute atomic E-state index is 0.106. The lowest BCUT2D eigenvalue weighted by Gasteiger charge is -2.17. The van der Waals surface area contributed by atoms with E-state index >= 15 is 0 Å². The lowest BCUT2D eigenvalue weighted by molar-refractivity contribution is 0.0600. The van der Waals surface area contributed by atoms with Crippen LogP contribution in [-0.2, 0) is 20.3 Å². The number of carbonyl (C=O) groups is 2.